The summed E-state index contributed by atoms with van der Waals surface area (Å²) in [5, 5.41) is 5.75. The molecule has 29 heavy (non-hydrogen) atoms. The second-order valence-corrected chi connectivity index (χ2v) is 7.50. The highest BCUT2D eigenvalue weighted by Gasteiger charge is 2.27. The van der Waals surface area contributed by atoms with E-state index in [-0.39, 0.29) is 18.3 Å². The number of rotatable bonds is 6. The molecule has 0 aliphatic carbocycles. The van der Waals surface area contributed by atoms with Crippen LogP contribution >= 0.6 is 11.8 Å². The van der Waals surface area contributed by atoms with Gasteiger partial charge in [0.15, 0.2) is 17.3 Å². The van der Waals surface area contributed by atoms with Crippen LogP contribution in [0.25, 0.3) is 0 Å². The van der Waals surface area contributed by atoms with Crippen molar-refractivity contribution < 1.29 is 28.4 Å². The Kier molecular flexibility index (Phi) is 6.60. The van der Waals surface area contributed by atoms with Gasteiger partial charge in [0.25, 0.3) is 5.91 Å². The molecule has 11 heteroatoms. The van der Waals surface area contributed by atoms with Gasteiger partial charge in [-0.15, -0.1) is 11.8 Å². The molecule has 0 bridgehead atoms. The molecule has 1 aliphatic heterocycles. The van der Waals surface area contributed by atoms with Crippen LogP contribution in [0, 0.1) is 6.92 Å². The van der Waals surface area contributed by atoms with E-state index in [4.69, 9.17) is 14.0 Å². The second-order valence-electron chi connectivity index (χ2n) is 6.17. The highest BCUT2D eigenvalue weighted by Crippen LogP contribution is 2.30. The van der Waals surface area contributed by atoms with E-state index in [0.717, 1.165) is 11.8 Å². The lowest BCUT2D eigenvalue weighted by atomic mass is 10.2. The predicted molar refractivity (Wildman–Crippen MR) is 104 cm³/mol. The number of carbonyl (C=O) groups excluding carboxylic acids is 3. The molecule has 154 valence electrons. The number of hydrogen-bond donors (Lipinski definition) is 3. The maximum absolute atomic E-state index is 12.1. The average Bonchev–Trinajstić information content (AvgIpc) is 3.14. The Morgan fingerprint density at radius 3 is 2.72 bits per heavy atom. The van der Waals surface area contributed by atoms with Gasteiger partial charge in [-0.2, -0.15) is 0 Å². The normalized spacial score (nSPS) is 15.9. The van der Waals surface area contributed by atoms with Gasteiger partial charge in [-0.3, -0.25) is 25.2 Å². The van der Waals surface area contributed by atoms with Crippen molar-refractivity contribution in [1.29, 1.82) is 0 Å². The number of hydrogen-bond acceptors (Lipinski definition) is 8. The van der Waals surface area contributed by atoms with Crippen LogP contribution in [0.2, 0.25) is 0 Å². The van der Waals surface area contributed by atoms with Crippen molar-refractivity contribution in [2.75, 3.05) is 17.7 Å². The zero-order chi connectivity index (χ0) is 20.8. The van der Waals surface area contributed by atoms with Gasteiger partial charge in [0.05, 0.1) is 11.0 Å². The molecule has 10 nitrogen and oxygen atoms in total. The van der Waals surface area contributed by atoms with Crippen LogP contribution < -0.4 is 25.6 Å². The van der Waals surface area contributed by atoms with Crippen molar-refractivity contribution in [2.45, 2.75) is 25.2 Å². The van der Waals surface area contributed by atoms with Gasteiger partial charge in [-0.25, -0.2) is 0 Å². The molecule has 2 heterocycles. The SMILES string of the molecule is Cc1cc(NC(=O)C(C)SCC(=O)NNC(=O)C2COc3ccccc3O2)no1. The topological polar surface area (TPSA) is 132 Å². The van der Waals surface area contributed by atoms with Crippen LogP contribution in [0.4, 0.5) is 5.82 Å². The van der Waals surface area contributed by atoms with Crippen LogP contribution in [-0.4, -0.2) is 46.6 Å². The maximum atomic E-state index is 12.1. The van der Waals surface area contributed by atoms with E-state index >= 15 is 0 Å². The Morgan fingerprint density at radius 1 is 1.24 bits per heavy atom. The summed E-state index contributed by atoms with van der Waals surface area (Å²) in [7, 11) is 0. The molecule has 0 saturated carbocycles. The summed E-state index contributed by atoms with van der Waals surface area (Å²) < 4.78 is 15.9. The van der Waals surface area contributed by atoms with Crippen LogP contribution in [-0.2, 0) is 14.4 Å². The summed E-state index contributed by atoms with van der Waals surface area (Å²) >= 11 is 1.11. The summed E-state index contributed by atoms with van der Waals surface area (Å²) in [6, 6.07) is 8.59. The van der Waals surface area contributed by atoms with Crippen LogP contribution in [0.5, 0.6) is 11.5 Å². The number of nitrogens with zero attached hydrogens (tertiary/aromatic N) is 1. The van der Waals surface area contributed by atoms with E-state index in [0.29, 0.717) is 23.1 Å². The lowest BCUT2D eigenvalue weighted by Crippen LogP contribution is -2.51. The molecule has 3 amide bonds. The fraction of sp³-hybridized carbons (Fsp3) is 0.333. The van der Waals surface area contributed by atoms with Crippen molar-refractivity contribution in [3.8, 4) is 11.5 Å². The molecular formula is C18H20N4O6S. The van der Waals surface area contributed by atoms with Crippen LogP contribution in [0.3, 0.4) is 0 Å². The van der Waals surface area contributed by atoms with E-state index in [1.54, 1.807) is 44.2 Å². The predicted octanol–water partition coefficient (Wildman–Crippen LogP) is 1.03. The largest absolute Gasteiger partial charge is 0.485 e. The van der Waals surface area contributed by atoms with Crippen molar-refractivity contribution in [1.82, 2.24) is 16.0 Å². The van der Waals surface area contributed by atoms with Crippen molar-refractivity contribution >= 4 is 35.3 Å². The van der Waals surface area contributed by atoms with Gasteiger partial charge in [0.1, 0.15) is 12.4 Å². The van der Waals surface area contributed by atoms with Gasteiger partial charge in [-0.05, 0) is 26.0 Å². The van der Waals surface area contributed by atoms with E-state index in [2.05, 4.69) is 21.3 Å². The number of benzene rings is 1. The highest BCUT2D eigenvalue weighted by atomic mass is 32.2. The number of anilines is 1. The lowest BCUT2D eigenvalue weighted by Gasteiger charge is -2.25. The lowest BCUT2D eigenvalue weighted by molar-refractivity contribution is -0.134. The van der Waals surface area contributed by atoms with E-state index in [1.807, 2.05) is 0 Å². The first-order valence-electron chi connectivity index (χ1n) is 8.75. The molecule has 1 aromatic carbocycles. The number of aryl methyl sites for hydroxylation is 1. The average molecular weight is 420 g/mol. The molecule has 3 N–H and O–H groups in total. The quantitative estimate of drug-likeness (QED) is 0.591. The summed E-state index contributed by atoms with van der Waals surface area (Å²) in [4.78, 5) is 36.1. The molecular weight excluding hydrogens is 400 g/mol. The molecule has 2 aromatic rings. The molecule has 0 saturated heterocycles. The second kappa shape index (κ2) is 9.32. The number of para-hydroxylation sites is 2. The van der Waals surface area contributed by atoms with E-state index in [1.165, 1.54) is 0 Å². The minimum atomic E-state index is -0.881. The third-order valence-electron chi connectivity index (χ3n) is 3.84. The minimum absolute atomic E-state index is 0.0302. The maximum Gasteiger partial charge on any atom is 0.283 e. The zero-order valence-corrected chi connectivity index (χ0v) is 16.6. The fourth-order valence-electron chi connectivity index (χ4n) is 2.33. The van der Waals surface area contributed by atoms with Crippen molar-refractivity contribution in [3.63, 3.8) is 0 Å². The molecule has 2 unspecified atom stereocenters. The van der Waals surface area contributed by atoms with E-state index in [9.17, 15) is 14.4 Å². The molecule has 0 fully saturated rings. The number of nitrogens with one attached hydrogen (secondary N) is 3. The Balaban J connectivity index is 1.37. The van der Waals surface area contributed by atoms with Gasteiger partial charge >= 0.3 is 0 Å². The van der Waals surface area contributed by atoms with Gasteiger partial charge in [-0.1, -0.05) is 17.3 Å². The summed E-state index contributed by atoms with van der Waals surface area (Å²) in [6.07, 6.45) is -0.881. The Labute approximate surface area is 170 Å². The number of fused-ring (bicyclic) bond motifs is 1. The molecule has 1 aliphatic rings. The Morgan fingerprint density at radius 2 is 2.00 bits per heavy atom. The molecule has 3 rings (SSSR count). The molecule has 0 spiro atoms. The van der Waals surface area contributed by atoms with Crippen molar-refractivity contribution in [3.05, 3.63) is 36.1 Å². The third kappa shape index (κ3) is 5.64. The summed E-state index contributed by atoms with van der Waals surface area (Å²) in [5.74, 6) is 0.568. The number of hydrazine groups is 1. The first kappa shape index (κ1) is 20.5. The van der Waals surface area contributed by atoms with Gasteiger partial charge in [0, 0.05) is 6.07 Å². The number of carbonyl (C=O) groups is 3. The highest BCUT2D eigenvalue weighted by molar-refractivity contribution is 8.01. The number of aromatic nitrogens is 1. The standard InChI is InChI=1S/C18H20N4O6S/c1-10-7-15(22-28-10)19-17(24)11(2)29-9-16(23)20-21-18(25)14-8-26-12-5-3-4-6-13(12)27-14/h3-7,11,14H,8-9H2,1-2H3,(H,20,23)(H,21,25)(H,19,22,24). The van der Waals surface area contributed by atoms with Crippen LogP contribution in [0.15, 0.2) is 34.9 Å². The first-order valence-corrected chi connectivity index (χ1v) is 9.80. The Hall–Kier alpha value is -3.21. The first-order chi connectivity index (χ1) is 13.9. The minimum Gasteiger partial charge on any atom is -0.485 e. The summed E-state index contributed by atoms with van der Waals surface area (Å²) in [5.41, 5.74) is 4.60. The number of thioether (sulfide) groups is 1. The van der Waals surface area contributed by atoms with Gasteiger partial charge in [0.2, 0.25) is 17.9 Å². The monoisotopic (exact) mass is 420 g/mol. The third-order valence-corrected chi connectivity index (χ3v) is 4.98. The molecule has 1 aromatic heterocycles. The summed E-state index contributed by atoms with van der Waals surface area (Å²) in [6.45, 7) is 3.40. The zero-order valence-electron chi connectivity index (χ0n) is 15.8. The smallest absolute Gasteiger partial charge is 0.283 e. The number of amides is 3. The van der Waals surface area contributed by atoms with Crippen molar-refractivity contribution in [2.24, 2.45) is 0 Å². The number of ether oxygens (including phenoxy) is 2. The van der Waals surface area contributed by atoms with E-state index < -0.39 is 23.2 Å². The van der Waals surface area contributed by atoms with Gasteiger partial charge < -0.3 is 19.3 Å². The van der Waals surface area contributed by atoms with Crippen LogP contribution in [0.1, 0.15) is 12.7 Å². The Bertz CT molecular complexity index is 902. The molecule has 2 atom stereocenters. The fourth-order valence-corrected chi connectivity index (χ4v) is 3.01. The molecule has 0 radical (unpaired) electrons.